The molecule has 3 nitrogen and oxygen atoms in total. The van der Waals surface area contributed by atoms with Gasteiger partial charge in [-0.15, -0.1) is 0 Å². The minimum atomic E-state index is -0.0181. The number of aliphatic hydroxyl groups excluding tert-OH is 1. The van der Waals surface area contributed by atoms with Gasteiger partial charge >= 0.3 is 5.97 Å². The lowest BCUT2D eigenvalue weighted by molar-refractivity contribution is -0.143. The average molecular weight is 300 g/mol. The largest absolute Gasteiger partial charge is 0.466 e. The Morgan fingerprint density at radius 2 is 1.29 bits per heavy atom. The smallest absolute Gasteiger partial charge is 0.305 e. The Morgan fingerprint density at radius 3 is 1.90 bits per heavy atom. The Morgan fingerprint density at radius 1 is 0.762 bits per heavy atom. The van der Waals surface area contributed by atoms with Crippen LogP contribution in [0.5, 0.6) is 0 Å². The zero-order valence-corrected chi connectivity index (χ0v) is 14.1. The minimum Gasteiger partial charge on any atom is -0.466 e. The van der Waals surface area contributed by atoms with Crippen molar-refractivity contribution in [3.63, 3.8) is 0 Å². The van der Waals surface area contributed by atoms with Crippen molar-refractivity contribution in [3.05, 3.63) is 0 Å². The van der Waals surface area contributed by atoms with E-state index in [0.717, 1.165) is 38.5 Å². The topological polar surface area (TPSA) is 46.5 Å². The zero-order valence-electron chi connectivity index (χ0n) is 14.1. The van der Waals surface area contributed by atoms with Crippen molar-refractivity contribution in [1.29, 1.82) is 0 Å². The van der Waals surface area contributed by atoms with Crippen molar-refractivity contribution < 1.29 is 14.6 Å². The number of hydrogen-bond acceptors (Lipinski definition) is 3. The molecule has 0 saturated heterocycles. The molecule has 0 heterocycles. The quantitative estimate of drug-likeness (QED) is 0.322. The van der Waals surface area contributed by atoms with Gasteiger partial charge in [0.15, 0.2) is 0 Å². The Bertz CT molecular complexity index is 217. The summed E-state index contributed by atoms with van der Waals surface area (Å²) < 4.78 is 5.24. The highest BCUT2D eigenvalue weighted by molar-refractivity contribution is 5.69. The van der Waals surface area contributed by atoms with Crippen LogP contribution in [0.3, 0.4) is 0 Å². The van der Waals surface area contributed by atoms with Crippen LogP contribution in [0.4, 0.5) is 0 Å². The van der Waals surface area contributed by atoms with Crippen LogP contribution in [0.15, 0.2) is 0 Å². The van der Waals surface area contributed by atoms with Crippen molar-refractivity contribution in [2.24, 2.45) is 0 Å². The number of aliphatic hydroxyl groups is 1. The molecule has 0 spiro atoms. The lowest BCUT2D eigenvalue weighted by Gasteiger charge is -2.05. The molecule has 21 heavy (non-hydrogen) atoms. The molecule has 0 aromatic rings. The van der Waals surface area contributed by atoms with E-state index in [2.05, 4.69) is 6.92 Å². The number of esters is 1. The zero-order chi connectivity index (χ0) is 15.6. The highest BCUT2D eigenvalue weighted by Gasteiger charge is 2.02. The summed E-state index contributed by atoms with van der Waals surface area (Å²) in [5.74, 6) is -0.0181. The number of unbranched alkanes of at least 4 members (excludes halogenated alkanes) is 11. The SMILES string of the molecule is CCCCCCCC(=O)OCCCCCCCCCCO. The second-order valence-corrected chi connectivity index (χ2v) is 5.94. The Labute approximate surface area is 131 Å². The van der Waals surface area contributed by atoms with E-state index in [9.17, 15) is 4.79 Å². The van der Waals surface area contributed by atoms with Gasteiger partial charge in [-0.1, -0.05) is 71.1 Å². The van der Waals surface area contributed by atoms with E-state index in [1.54, 1.807) is 0 Å². The standard InChI is InChI=1S/C18H36O3/c1-2-3-4-9-12-15-18(20)21-17-14-11-8-6-5-7-10-13-16-19/h19H,2-17H2,1H3. The fourth-order valence-corrected chi connectivity index (χ4v) is 2.41. The second-order valence-electron chi connectivity index (χ2n) is 5.94. The van der Waals surface area contributed by atoms with E-state index in [-0.39, 0.29) is 5.97 Å². The first-order chi connectivity index (χ1) is 10.3. The first-order valence-corrected chi connectivity index (χ1v) is 9.07. The van der Waals surface area contributed by atoms with E-state index >= 15 is 0 Å². The maximum atomic E-state index is 11.5. The van der Waals surface area contributed by atoms with Gasteiger partial charge in [-0.25, -0.2) is 0 Å². The first kappa shape index (κ1) is 20.4. The maximum absolute atomic E-state index is 11.5. The van der Waals surface area contributed by atoms with Gasteiger partial charge < -0.3 is 9.84 Å². The fraction of sp³-hybridized carbons (Fsp3) is 0.944. The van der Waals surface area contributed by atoms with Gasteiger partial charge in [0.2, 0.25) is 0 Å². The molecule has 0 saturated carbocycles. The molecule has 0 atom stereocenters. The third-order valence-electron chi connectivity index (χ3n) is 3.80. The summed E-state index contributed by atoms with van der Waals surface area (Å²) in [6, 6.07) is 0. The molecule has 0 radical (unpaired) electrons. The third-order valence-corrected chi connectivity index (χ3v) is 3.80. The van der Waals surface area contributed by atoms with Gasteiger partial charge in [0, 0.05) is 13.0 Å². The maximum Gasteiger partial charge on any atom is 0.305 e. The molecule has 0 unspecified atom stereocenters. The summed E-state index contributed by atoms with van der Waals surface area (Å²) in [4.78, 5) is 11.5. The number of ether oxygens (including phenoxy) is 1. The number of hydrogen-bond donors (Lipinski definition) is 1. The number of rotatable bonds is 16. The normalized spacial score (nSPS) is 10.8. The van der Waals surface area contributed by atoms with E-state index < -0.39 is 0 Å². The van der Waals surface area contributed by atoms with Crippen LogP contribution in [-0.2, 0) is 9.53 Å². The van der Waals surface area contributed by atoms with E-state index in [0.29, 0.717) is 19.6 Å². The highest BCUT2D eigenvalue weighted by Crippen LogP contribution is 2.09. The van der Waals surface area contributed by atoms with Crippen molar-refractivity contribution in [1.82, 2.24) is 0 Å². The Balaban J connectivity index is 3.11. The molecule has 0 bridgehead atoms. The van der Waals surface area contributed by atoms with Gasteiger partial charge in [-0.2, -0.15) is 0 Å². The molecule has 0 aliphatic carbocycles. The lowest BCUT2D eigenvalue weighted by atomic mass is 10.1. The molecule has 126 valence electrons. The second kappa shape index (κ2) is 17.5. The Hall–Kier alpha value is -0.570. The van der Waals surface area contributed by atoms with Crippen LogP contribution in [0.25, 0.3) is 0 Å². The van der Waals surface area contributed by atoms with Crippen molar-refractivity contribution in [3.8, 4) is 0 Å². The van der Waals surface area contributed by atoms with Crippen LogP contribution < -0.4 is 0 Å². The van der Waals surface area contributed by atoms with Crippen LogP contribution in [-0.4, -0.2) is 24.3 Å². The molecule has 1 N–H and O–H groups in total. The third kappa shape index (κ3) is 17.4. The number of carbonyl (C=O) groups is 1. The van der Waals surface area contributed by atoms with Gasteiger partial charge in [0.05, 0.1) is 6.61 Å². The molecular formula is C18H36O3. The van der Waals surface area contributed by atoms with Crippen LogP contribution in [0.1, 0.15) is 96.8 Å². The summed E-state index contributed by atoms with van der Waals surface area (Å²) in [6.45, 7) is 3.12. The van der Waals surface area contributed by atoms with Gasteiger partial charge in [-0.05, 0) is 19.3 Å². The molecule has 0 fully saturated rings. The summed E-state index contributed by atoms with van der Waals surface area (Å²) in [5, 5.41) is 8.66. The monoisotopic (exact) mass is 300 g/mol. The van der Waals surface area contributed by atoms with Crippen molar-refractivity contribution >= 4 is 5.97 Å². The molecule has 0 aliphatic rings. The first-order valence-electron chi connectivity index (χ1n) is 9.07. The molecule has 0 rings (SSSR count). The van der Waals surface area contributed by atoms with Crippen molar-refractivity contribution in [2.45, 2.75) is 96.8 Å². The van der Waals surface area contributed by atoms with Gasteiger partial charge in [0.1, 0.15) is 0 Å². The molecule has 0 amide bonds. The molecular weight excluding hydrogens is 264 g/mol. The summed E-state index contributed by atoms with van der Waals surface area (Å²) in [5.41, 5.74) is 0. The Kier molecular flexibility index (Phi) is 17.0. The van der Waals surface area contributed by atoms with E-state index in [4.69, 9.17) is 9.84 Å². The minimum absolute atomic E-state index is 0.0181. The fourth-order valence-electron chi connectivity index (χ4n) is 2.41. The molecule has 0 aliphatic heterocycles. The van der Waals surface area contributed by atoms with E-state index in [1.165, 1.54) is 44.9 Å². The van der Waals surface area contributed by atoms with Crippen LogP contribution in [0, 0.1) is 0 Å². The summed E-state index contributed by atoms with van der Waals surface area (Å²) >= 11 is 0. The van der Waals surface area contributed by atoms with Crippen LogP contribution >= 0.6 is 0 Å². The predicted octanol–water partition coefficient (Wildman–Crippen LogP) is 5.00. The summed E-state index contributed by atoms with van der Waals surface area (Å²) in [6.07, 6.45) is 15.7. The van der Waals surface area contributed by atoms with Crippen molar-refractivity contribution in [2.75, 3.05) is 13.2 Å². The van der Waals surface area contributed by atoms with E-state index in [1.807, 2.05) is 0 Å². The average Bonchev–Trinajstić information content (AvgIpc) is 2.49. The molecule has 0 aromatic heterocycles. The number of carbonyl (C=O) groups excluding carboxylic acids is 1. The molecule has 3 heteroatoms. The lowest BCUT2D eigenvalue weighted by Crippen LogP contribution is -2.05. The van der Waals surface area contributed by atoms with Gasteiger partial charge in [0.25, 0.3) is 0 Å². The van der Waals surface area contributed by atoms with Crippen LogP contribution in [0.2, 0.25) is 0 Å². The van der Waals surface area contributed by atoms with Gasteiger partial charge in [-0.3, -0.25) is 4.79 Å². The molecule has 0 aromatic carbocycles. The summed E-state index contributed by atoms with van der Waals surface area (Å²) in [7, 11) is 0. The predicted molar refractivity (Wildman–Crippen MR) is 88.4 cm³/mol. The highest BCUT2D eigenvalue weighted by atomic mass is 16.5.